The minimum absolute atomic E-state index is 0.280. The molecule has 0 saturated carbocycles. The molecule has 2 saturated heterocycles. The molecule has 2 rings (SSSR count). The van der Waals surface area contributed by atoms with Gasteiger partial charge in [-0.3, -0.25) is 0 Å². The van der Waals surface area contributed by atoms with Gasteiger partial charge in [0.1, 0.15) is 0 Å². The van der Waals surface area contributed by atoms with Gasteiger partial charge in [-0.25, -0.2) is 0 Å². The molecule has 0 radical (unpaired) electrons. The van der Waals surface area contributed by atoms with Crippen LogP contribution in [-0.2, 0) is 0 Å². The minimum Gasteiger partial charge on any atom is -0.360 e. The minimum atomic E-state index is 0.280. The predicted octanol–water partition coefficient (Wildman–Crippen LogP) is -0.414. The van der Waals surface area contributed by atoms with Crippen molar-refractivity contribution in [2.24, 2.45) is 0 Å². The van der Waals surface area contributed by atoms with Crippen molar-refractivity contribution in [2.75, 3.05) is 19.6 Å². The first-order chi connectivity index (χ1) is 5.31. The number of thiocarbonyl (C=S) groups is 1. The van der Waals surface area contributed by atoms with Crippen molar-refractivity contribution in [2.45, 2.75) is 18.4 Å². The summed E-state index contributed by atoms with van der Waals surface area (Å²) in [4.78, 5) is 0. The number of piperidine rings is 1. The second-order valence-corrected chi connectivity index (χ2v) is 3.75. The van der Waals surface area contributed by atoms with Crippen LogP contribution >= 0.6 is 12.2 Å². The zero-order chi connectivity index (χ0) is 7.73. The molecule has 0 aliphatic carbocycles. The van der Waals surface area contributed by atoms with E-state index >= 15 is 0 Å². The fourth-order valence-electron chi connectivity index (χ4n) is 1.79. The summed E-state index contributed by atoms with van der Waals surface area (Å²) in [5, 5.41) is 10.7. The molecule has 0 atom stereocenters. The van der Waals surface area contributed by atoms with E-state index in [1.807, 2.05) is 0 Å². The topological polar surface area (TPSA) is 36.1 Å². The quantitative estimate of drug-likeness (QED) is 0.433. The Balaban J connectivity index is 2.03. The highest BCUT2D eigenvalue weighted by Crippen LogP contribution is 2.19. The second-order valence-electron chi connectivity index (χ2n) is 3.34. The lowest BCUT2D eigenvalue weighted by atomic mass is 9.90. The SMILES string of the molecule is S=C1NCC2(CCNCC2)N1. The van der Waals surface area contributed by atoms with Crippen LogP contribution in [0.2, 0.25) is 0 Å². The maximum Gasteiger partial charge on any atom is 0.166 e. The monoisotopic (exact) mass is 171 g/mol. The summed E-state index contributed by atoms with van der Waals surface area (Å²) in [6, 6.07) is 0. The molecule has 11 heavy (non-hydrogen) atoms. The van der Waals surface area contributed by atoms with E-state index in [0.29, 0.717) is 0 Å². The lowest BCUT2D eigenvalue weighted by Crippen LogP contribution is -2.51. The highest BCUT2D eigenvalue weighted by atomic mass is 32.1. The van der Waals surface area contributed by atoms with E-state index in [0.717, 1.165) is 24.7 Å². The van der Waals surface area contributed by atoms with Gasteiger partial charge in [-0.2, -0.15) is 0 Å². The summed E-state index contributed by atoms with van der Waals surface area (Å²) in [5.41, 5.74) is 0.280. The zero-order valence-electron chi connectivity index (χ0n) is 6.44. The molecule has 3 nitrogen and oxygen atoms in total. The first-order valence-corrected chi connectivity index (χ1v) is 4.48. The highest BCUT2D eigenvalue weighted by molar-refractivity contribution is 7.80. The first kappa shape index (κ1) is 7.31. The Morgan fingerprint density at radius 2 is 2.00 bits per heavy atom. The van der Waals surface area contributed by atoms with Crippen LogP contribution in [-0.4, -0.2) is 30.3 Å². The summed E-state index contributed by atoms with van der Waals surface area (Å²) in [6.45, 7) is 3.22. The van der Waals surface area contributed by atoms with Crippen LogP contribution in [0.4, 0.5) is 0 Å². The summed E-state index contributed by atoms with van der Waals surface area (Å²) in [7, 11) is 0. The molecular formula is C7H13N3S. The van der Waals surface area contributed by atoms with E-state index in [9.17, 15) is 0 Å². The van der Waals surface area contributed by atoms with Crippen LogP contribution in [0.5, 0.6) is 0 Å². The number of rotatable bonds is 0. The molecule has 3 N–H and O–H groups in total. The zero-order valence-corrected chi connectivity index (χ0v) is 7.26. The molecule has 2 aliphatic rings. The van der Waals surface area contributed by atoms with Crippen LogP contribution < -0.4 is 16.0 Å². The lowest BCUT2D eigenvalue weighted by molar-refractivity contribution is 0.303. The van der Waals surface area contributed by atoms with Crippen molar-refractivity contribution in [3.63, 3.8) is 0 Å². The molecule has 4 heteroatoms. The van der Waals surface area contributed by atoms with Crippen LogP contribution in [0.3, 0.4) is 0 Å². The van der Waals surface area contributed by atoms with Gasteiger partial charge in [0.15, 0.2) is 5.11 Å². The Labute approximate surface area is 71.9 Å². The average molecular weight is 171 g/mol. The Morgan fingerprint density at radius 3 is 2.55 bits per heavy atom. The van der Waals surface area contributed by atoms with Crippen molar-refractivity contribution < 1.29 is 0 Å². The fraction of sp³-hybridized carbons (Fsp3) is 0.857. The summed E-state index contributed by atoms with van der Waals surface area (Å²) >= 11 is 5.03. The predicted molar refractivity (Wildman–Crippen MR) is 48.6 cm³/mol. The third-order valence-corrected chi connectivity index (χ3v) is 2.77. The van der Waals surface area contributed by atoms with Crippen molar-refractivity contribution in [3.8, 4) is 0 Å². The second kappa shape index (κ2) is 2.60. The molecular weight excluding hydrogens is 158 g/mol. The van der Waals surface area contributed by atoms with Gasteiger partial charge < -0.3 is 16.0 Å². The molecule has 0 aromatic heterocycles. The number of nitrogens with one attached hydrogen (secondary N) is 3. The summed E-state index contributed by atoms with van der Waals surface area (Å²) in [6.07, 6.45) is 2.36. The van der Waals surface area contributed by atoms with E-state index in [-0.39, 0.29) is 5.54 Å². The summed E-state index contributed by atoms with van der Waals surface area (Å²) in [5.74, 6) is 0. The molecule has 0 aromatic rings. The Hall–Kier alpha value is -0.350. The normalized spacial score (nSPS) is 28.2. The maximum atomic E-state index is 5.03. The first-order valence-electron chi connectivity index (χ1n) is 4.08. The van der Waals surface area contributed by atoms with Gasteiger partial charge >= 0.3 is 0 Å². The third kappa shape index (κ3) is 1.32. The van der Waals surface area contributed by atoms with Crippen LogP contribution in [0.1, 0.15) is 12.8 Å². The molecule has 0 bridgehead atoms. The molecule has 2 heterocycles. The van der Waals surface area contributed by atoms with Gasteiger partial charge in [0.05, 0.1) is 5.54 Å². The molecule has 1 spiro atoms. The Kier molecular flexibility index (Phi) is 1.73. The van der Waals surface area contributed by atoms with Crippen LogP contribution in [0.15, 0.2) is 0 Å². The van der Waals surface area contributed by atoms with Gasteiger partial charge in [0.25, 0.3) is 0 Å². The van der Waals surface area contributed by atoms with E-state index in [1.54, 1.807) is 0 Å². The van der Waals surface area contributed by atoms with Gasteiger partial charge in [0.2, 0.25) is 0 Å². The van der Waals surface area contributed by atoms with E-state index in [4.69, 9.17) is 12.2 Å². The average Bonchev–Trinajstić information content (AvgIpc) is 2.34. The molecule has 2 fully saturated rings. The smallest absolute Gasteiger partial charge is 0.166 e. The van der Waals surface area contributed by atoms with Crippen LogP contribution in [0, 0.1) is 0 Å². The van der Waals surface area contributed by atoms with Crippen molar-refractivity contribution in [3.05, 3.63) is 0 Å². The molecule has 2 aliphatic heterocycles. The largest absolute Gasteiger partial charge is 0.360 e. The summed E-state index contributed by atoms with van der Waals surface area (Å²) < 4.78 is 0. The van der Waals surface area contributed by atoms with Crippen LogP contribution in [0.25, 0.3) is 0 Å². The van der Waals surface area contributed by atoms with Gasteiger partial charge in [-0.1, -0.05) is 0 Å². The van der Waals surface area contributed by atoms with Gasteiger partial charge in [-0.05, 0) is 38.1 Å². The lowest BCUT2D eigenvalue weighted by Gasteiger charge is -2.32. The number of hydrogen-bond donors (Lipinski definition) is 3. The molecule has 62 valence electrons. The Morgan fingerprint density at radius 1 is 1.27 bits per heavy atom. The molecule has 0 amide bonds. The number of hydrogen-bond acceptors (Lipinski definition) is 2. The van der Waals surface area contributed by atoms with E-state index < -0.39 is 0 Å². The van der Waals surface area contributed by atoms with Crippen molar-refractivity contribution in [1.29, 1.82) is 0 Å². The van der Waals surface area contributed by atoms with Gasteiger partial charge in [-0.15, -0.1) is 0 Å². The Bertz CT molecular complexity index is 175. The molecule has 0 unspecified atom stereocenters. The highest BCUT2D eigenvalue weighted by Gasteiger charge is 2.36. The van der Waals surface area contributed by atoms with Crippen molar-refractivity contribution in [1.82, 2.24) is 16.0 Å². The van der Waals surface area contributed by atoms with Gasteiger partial charge in [0, 0.05) is 6.54 Å². The molecule has 0 aromatic carbocycles. The fourth-order valence-corrected chi connectivity index (χ4v) is 2.07. The van der Waals surface area contributed by atoms with E-state index in [1.165, 1.54) is 12.8 Å². The maximum absolute atomic E-state index is 5.03. The standard InChI is InChI=1S/C7H13N3S/c11-6-9-5-7(10-6)1-3-8-4-2-7/h8H,1-5H2,(H2,9,10,11). The third-order valence-electron chi connectivity index (χ3n) is 2.53. The van der Waals surface area contributed by atoms with Crippen molar-refractivity contribution >= 4 is 17.3 Å². The van der Waals surface area contributed by atoms with E-state index in [2.05, 4.69) is 16.0 Å².